The van der Waals surface area contributed by atoms with Gasteiger partial charge in [-0.1, -0.05) is 0 Å². The van der Waals surface area contributed by atoms with E-state index in [1.54, 1.807) is 10.6 Å². The van der Waals surface area contributed by atoms with Gasteiger partial charge < -0.3 is 15.2 Å². The van der Waals surface area contributed by atoms with Crippen molar-refractivity contribution in [3.63, 3.8) is 0 Å². The predicted molar refractivity (Wildman–Crippen MR) is 60.3 cm³/mol. The Balaban J connectivity index is 2.67. The molecule has 88 valence electrons. The van der Waals surface area contributed by atoms with E-state index in [9.17, 15) is 9.59 Å². The van der Waals surface area contributed by atoms with E-state index in [1.165, 1.54) is 12.1 Å². The van der Waals surface area contributed by atoms with Crippen LogP contribution in [-0.4, -0.2) is 33.3 Å². The Bertz CT molecular complexity index is 589. The number of pyridine rings is 1. The summed E-state index contributed by atoms with van der Waals surface area (Å²) in [6, 6.07) is 2.89. The molecule has 6 nitrogen and oxygen atoms in total. The molecule has 0 saturated carbocycles. The van der Waals surface area contributed by atoms with E-state index in [2.05, 4.69) is 4.98 Å². The van der Waals surface area contributed by atoms with E-state index >= 15 is 0 Å². The van der Waals surface area contributed by atoms with E-state index < -0.39 is 5.97 Å². The monoisotopic (exact) mass is 233 g/mol. The summed E-state index contributed by atoms with van der Waals surface area (Å²) in [6.07, 6.45) is 2.73. The molecule has 3 N–H and O–H groups in total. The number of imidazole rings is 1. The molecule has 17 heavy (non-hydrogen) atoms. The summed E-state index contributed by atoms with van der Waals surface area (Å²) >= 11 is 0. The molecule has 0 aromatic carbocycles. The van der Waals surface area contributed by atoms with Crippen LogP contribution in [0.25, 0.3) is 5.52 Å². The second kappa shape index (κ2) is 4.34. The molecule has 2 aromatic heterocycles. The van der Waals surface area contributed by atoms with Gasteiger partial charge in [0.2, 0.25) is 0 Å². The highest BCUT2D eigenvalue weighted by Gasteiger charge is 2.12. The first-order valence-corrected chi connectivity index (χ1v) is 5.07. The molecule has 0 spiro atoms. The fourth-order valence-electron chi connectivity index (χ4n) is 1.70. The lowest BCUT2D eigenvalue weighted by Crippen LogP contribution is -2.06. The predicted octanol–water partition coefficient (Wildman–Crippen LogP) is 0.346. The van der Waals surface area contributed by atoms with Crippen molar-refractivity contribution in [3.05, 3.63) is 35.4 Å². The number of aromatic carboxylic acids is 1. The molecule has 0 aliphatic heterocycles. The molecule has 0 aliphatic rings. The molecule has 0 saturated heterocycles. The van der Waals surface area contributed by atoms with Crippen molar-refractivity contribution in [2.24, 2.45) is 5.73 Å². The minimum Gasteiger partial charge on any atom is -0.478 e. The number of nitrogens with zero attached hydrogens (tertiary/aromatic N) is 2. The van der Waals surface area contributed by atoms with Crippen LogP contribution in [0.3, 0.4) is 0 Å². The molecule has 0 bridgehead atoms. The Labute approximate surface area is 96.7 Å². The fraction of sp³-hybridized carbons (Fsp3) is 0.182. The number of aldehydes is 1. The van der Waals surface area contributed by atoms with Crippen LogP contribution in [-0.2, 0) is 6.42 Å². The Morgan fingerprint density at radius 3 is 2.94 bits per heavy atom. The van der Waals surface area contributed by atoms with Crippen molar-refractivity contribution in [3.8, 4) is 0 Å². The third kappa shape index (κ3) is 1.90. The molecule has 2 heterocycles. The van der Waals surface area contributed by atoms with Crippen LogP contribution in [0.5, 0.6) is 0 Å². The van der Waals surface area contributed by atoms with Gasteiger partial charge in [-0.05, 0) is 18.7 Å². The number of hydrogen-bond donors (Lipinski definition) is 2. The summed E-state index contributed by atoms with van der Waals surface area (Å²) in [5.41, 5.74) is 6.29. The Morgan fingerprint density at radius 1 is 1.59 bits per heavy atom. The highest BCUT2D eigenvalue weighted by molar-refractivity contribution is 5.91. The van der Waals surface area contributed by atoms with Gasteiger partial charge in [0.15, 0.2) is 6.29 Å². The van der Waals surface area contributed by atoms with Crippen LogP contribution in [0.2, 0.25) is 0 Å². The molecule has 0 unspecified atom stereocenters. The molecule has 2 aromatic rings. The first-order chi connectivity index (χ1) is 8.17. The van der Waals surface area contributed by atoms with Gasteiger partial charge in [-0.2, -0.15) is 0 Å². The summed E-state index contributed by atoms with van der Waals surface area (Å²) in [7, 11) is 0. The van der Waals surface area contributed by atoms with Crippen LogP contribution >= 0.6 is 0 Å². The summed E-state index contributed by atoms with van der Waals surface area (Å²) in [5.74, 6) is -0.382. The van der Waals surface area contributed by atoms with Gasteiger partial charge in [-0.3, -0.25) is 4.79 Å². The lowest BCUT2D eigenvalue weighted by Gasteiger charge is -2.00. The zero-order valence-corrected chi connectivity index (χ0v) is 8.96. The highest BCUT2D eigenvalue weighted by Crippen LogP contribution is 2.14. The largest absolute Gasteiger partial charge is 0.478 e. The molecule has 0 fully saturated rings. The number of rotatable bonds is 4. The van der Waals surface area contributed by atoms with Gasteiger partial charge in [-0.15, -0.1) is 0 Å². The average molecular weight is 233 g/mol. The zero-order valence-electron chi connectivity index (χ0n) is 8.96. The number of fused-ring (bicyclic) bond motifs is 1. The zero-order chi connectivity index (χ0) is 12.4. The number of carboxylic acids is 1. The lowest BCUT2D eigenvalue weighted by molar-refractivity contribution is 0.0696. The second-order valence-corrected chi connectivity index (χ2v) is 3.55. The van der Waals surface area contributed by atoms with Gasteiger partial charge in [0, 0.05) is 12.6 Å². The first-order valence-electron chi connectivity index (χ1n) is 5.07. The maximum atomic E-state index is 10.9. The summed E-state index contributed by atoms with van der Waals surface area (Å²) in [4.78, 5) is 25.8. The Kier molecular flexibility index (Phi) is 2.88. The minimum absolute atomic E-state index is 0.125. The number of carbonyl (C=O) groups is 2. The third-order valence-electron chi connectivity index (χ3n) is 2.47. The van der Waals surface area contributed by atoms with Crippen molar-refractivity contribution in [1.82, 2.24) is 9.38 Å². The molecule has 0 atom stereocenters. The number of aromatic nitrogens is 2. The standard InChI is InChI=1S/C11H11N3O3/c12-3-1-10-13-8(6-15)9-5-7(11(16)17)2-4-14(9)10/h2,4-6H,1,3,12H2,(H,16,17). The molecule has 6 heteroatoms. The lowest BCUT2D eigenvalue weighted by atomic mass is 10.2. The maximum absolute atomic E-state index is 10.9. The summed E-state index contributed by atoms with van der Waals surface area (Å²) in [6.45, 7) is 0.415. The van der Waals surface area contributed by atoms with E-state index in [0.29, 0.717) is 30.6 Å². The van der Waals surface area contributed by atoms with Crippen molar-refractivity contribution in [2.45, 2.75) is 6.42 Å². The van der Waals surface area contributed by atoms with E-state index in [1.807, 2.05) is 0 Å². The quantitative estimate of drug-likeness (QED) is 0.742. The van der Waals surface area contributed by atoms with Crippen LogP contribution < -0.4 is 5.73 Å². The number of carbonyl (C=O) groups excluding carboxylic acids is 1. The van der Waals surface area contributed by atoms with Gasteiger partial charge in [0.1, 0.15) is 11.5 Å². The van der Waals surface area contributed by atoms with Crippen LogP contribution in [0, 0.1) is 0 Å². The molecule has 0 aliphatic carbocycles. The third-order valence-corrected chi connectivity index (χ3v) is 2.47. The van der Waals surface area contributed by atoms with E-state index in [4.69, 9.17) is 10.8 Å². The van der Waals surface area contributed by atoms with Crippen LogP contribution in [0.4, 0.5) is 0 Å². The summed E-state index contributed by atoms with van der Waals surface area (Å²) < 4.78 is 1.68. The SMILES string of the molecule is NCCc1nc(C=O)c2cc(C(=O)O)ccn12. The van der Waals surface area contributed by atoms with Crippen LogP contribution in [0.1, 0.15) is 26.7 Å². The number of nitrogens with two attached hydrogens (primary N) is 1. The topological polar surface area (TPSA) is 97.7 Å². The normalized spacial score (nSPS) is 10.6. The van der Waals surface area contributed by atoms with Crippen molar-refractivity contribution in [2.75, 3.05) is 6.54 Å². The molecular formula is C11H11N3O3. The maximum Gasteiger partial charge on any atom is 0.335 e. The van der Waals surface area contributed by atoms with E-state index in [0.717, 1.165) is 0 Å². The van der Waals surface area contributed by atoms with Gasteiger partial charge in [0.25, 0.3) is 0 Å². The molecular weight excluding hydrogens is 222 g/mol. The average Bonchev–Trinajstić information content (AvgIpc) is 2.67. The smallest absolute Gasteiger partial charge is 0.335 e. The number of hydrogen-bond acceptors (Lipinski definition) is 4. The highest BCUT2D eigenvalue weighted by atomic mass is 16.4. The minimum atomic E-state index is -1.04. The van der Waals surface area contributed by atoms with Gasteiger partial charge >= 0.3 is 5.97 Å². The Hall–Kier alpha value is -2.21. The van der Waals surface area contributed by atoms with Gasteiger partial charge in [0.05, 0.1) is 11.1 Å². The van der Waals surface area contributed by atoms with Crippen molar-refractivity contribution < 1.29 is 14.7 Å². The second-order valence-electron chi connectivity index (χ2n) is 3.55. The van der Waals surface area contributed by atoms with E-state index in [-0.39, 0.29) is 11.3 Å². The fourth-order valence-corrected chi connectivity index (χ4v) is 1.70. The first kappa shape index (κ1) is 11.3. The molecule has 0 amide bonds. The van der Waals surface area contributed by atoms with Crippen molar-refractivity contribution >= 4 is 17.8 Å². The molecule has 0 radical (unpaired) electrons. The van der Waals surface area contributed by atoms with Gasteiger partial charge in [-0.25, -0.2) is 9.78 Å². The van der Waals surface area contributed by atoms with Crippen LogP contribution in [0.15, 0.2) is 18.3 Å². The summed E-state index contributed by atoms with van der Waals surface area (Å²) in [5, 5.41) is 8.88. The van der Waals surface area contributed by atoms with Crippen molar-refractivity contribution in [1.29, 1.82) is 0 Å². The Morgan fingerprint density at radius 2 is 2.35 bits per heavy atom. The molecule has 2 rings (SSSR count). The number of carboxylic acid groups (broad SMARTS) is 1.